The van der Waals surface area contributed by atoms with Gasteiger partial charge in [0.2, 0.25) is 5.91 Å². The number of aromatic amines is 1. The lowest BCUT2D eigenvalue weighted by molar-refractivity contribution is -0.132. The summed E-state index contributed by atoms with van der Waals surface area (Å²) in [4.78, 5) is 19.6. The number of amides is 1. The Bertz CT molecular complexity index is 685. The van der Waals surface area contributed by atoms with Gasteiger partial charge in [0, 0.05) is 19.2 Å². The number of piperazine rings is 1. The highest BCUT2D eigenvalue weighted by atomic mass is 19.2. The molecule has 5 nitrogen and oxygen atoms in total. The summed E-state index contributed by atoms with van der Waals surface area (Å²) in [5, 5.41) is 2.91. The number of benzene rings is 1. The van der Waals surface area contributed by atoms with Crippen LogP contribution in [0.25, 0.3) is 11.0 Å². The van der Waals surface area contributed by atoms with Crippen LogP contribution in [0.2, 0.25) is 0 Å². The van der Waals surface area contributed by atoms with E-state index in [2.05, 4.69) is 15.3 Å². The molecule has 0 saturated carbocycles. The molecule has 3 rings (SSSR count). The normalized spacial score (nSPS) is 16.1. The molecule has 0 atom stereocenters. The molecule has 2 N–H and O–H groups in total. The van der Waals surface area contributed by atoms with Crippen molar-refractivity contribution in [2.24, 2.45) is 0 Å². The van der Waals surface area contributed by atoms with Gasteiger partial charge in [0.15, 0.2) is 17.5 Å². The number of carbonyl (C=O) groups is 1. The first kappa shape index (κ1) is 12.9. The SMILES string of the molecule is O=C1CNCCN1Cc1nc2c(F)c(F)cc(F)c2[nH]1. The average Bonchev–Trinajstić information content (AvgIpc) is 2.83. The quantitative estimate of drug-likeness (QED) is 0.806. The Kier molecular flexibility index (Phi) is 3.09. The Balaban J connectivity index is 1.95. The lowest BCUT2D eigenvalue weighted by atomic mass is 10.3. The van der Waals surface area contributed by atoms with E-state index in [0.29, 0.717) is 19.2 Å². The summed E-state index contributed by atoms with van der Waals surface area (Å²) in [5.41, 5.74) is -0.582. The van der Waals surface area contributed by atoms with Crippen LogP contribution < -0.4 is 5.32 Å². The summed E-state index contributed by atoms with van der Waals surface area (Å²) in [6.45, 7) is 1.45. The third kappa shape index (κ3) is 2.11. The fourth-order valence-corrected chi connectivity index (χ4v) is 2.18. The van der Waals surface area contributed by atoms with E-state index in [0.717, 1.165) is 0 Å². The largest absolute Gasteiger partial charge is 0.338 e. The van der Waals surface area contributed by atoms with Gasteiger partial charge < -0.3 is 15.2 Å². The number of aromatic nitrogens is 2. The Hall–Kier alpha value is -2.09. The van der Waals surface area contributed by atoms with Gasteiger partial charge in [-0.1, -0.05) is 0 Å². The molecule has 1 aromatic carbocycles. The van der Waals surface area contributed by atoms with Gasteiger partial charge >= 0.3 is 0 Å². The Morgan fingerprint density at radius 2 is 2.10 bits per heavy atom. The van der Waals surface area contributed by atoms with Gasteiger partial charge in [-0.05, 0) is 0 Å². The van der Waals surface area contributed by atoms with Gasteiger partial charge in [-0.2, -0.15) is 0 Å². The van der Waals surface area contributed by atoms with Crippen LogP contribution in [-0.4, -0.2) is 40.4 Å². The maximum Gasteiger partial charge on any atom is 0.236 e. The van der Waals surface area contributed by atoms with Gasteiger partial charge in [0.1, 0.15) is 16.9 Å². The summed E-state index contributed by atoms with van der Waals surface area (Å²) < 4.78 is 40.2. The predicted octanol–water partition coefficient (Wildman–Crippen LogP) is 0.912. The minimum absolute atomic E-state index is 0.107. The van der Waals surface area contributed by atoms with Crippen LogP contribution in [0, 0.1) is 17.5 Å². The van der Waals surface area contributed by atoms with Crippen LogP contribution in [0.4, 0.5) is 13.2 Å². The highest BCUT2D eigenvalue weighted by molar-refractivity contribution is 5.79. The van der Waals surface area contributed by atoms with Crippen LogP contribution in [0.1, 0.15) is 5.82 Å². The van der Waals surface area contributed by atoms with Crippen molar-refractivity contribution in [3.63, 3.8) is 0 Å². The van der Waals surface area contributed by atoms with Gasteiger partial charge in [-0.15, -0.1) is 0 Å². The molecule has 0 aliphatic carbocycles. The molecule has 20 heavy (non-hydrogen) atoms. The number of carbonyl (C=O) groups excluding carboxylic acids is 1. The van der Waals surface area contributed by atoms with Crippen molar-refractivity contribution < 1.29 is 18.0 Å². The molecule has 1 saturated heterocycles. The smallest absolute Gasteiger partial charge is 0.236 e. The second kappa shape index (κ2) is 4.78. The molecule has 1 aliphatic rings. The van der Waals surface area contributed by atoms with Crippen LogP contribution >= 0.6 is 0 Å². The lowest BCUT2D eigenvalue weighted by Crippen LogP contribution is -2.47. The standard InChI is InChI=1S/C12H11F3N4O/c13-6-3-7(14)11-12(10(6)15)18-8(17-11)5-19-2-1-16-4-9(19)20/h3,16H,1-2,4-5H2,(H,17,18). The topological polar surface area (TPSA) is 61.0 Å². The monoisotopic (exact) mass is 284 g/mol. The van der Waals surface area contributed by atoms with E-state index in [-0.39, 0.29) is 35.9 Å². The molecular weight excluding hydrogens is 273 g/mol. The molecule has 0 bridgehead atoms. The number of hydrogen-bond acceptors (Lipinski definition) is 3. The zero-order valence-corrected chi connectivity index (χ0v) is 10.3. The maximum atomic E-state index is 13.5. The van der Waals surface area contributed by atoms with Crippen molar-refractivity contribution in [3.05, 3.63) is 29.3 Å². The summed E-state index contributed by atoms with van der Waals surface area (Å²) in [6.07, 6.45) is 0. The minimum atomic E-state index is -1.29. The van der Waals surface area contributed by atoms with Crippen molar-refractivity contribution in [2.75, 3.05) is 19.6 Å². The van der Waals surface area contributed by atoms with E-state index in [1.165, 1.54) is 4.90 Å². The van der Waals surface area contributed by atoms with Crippen molar-refractivity contribution in [3.8, 4) is 0 Å². The number of hydrogen-bond donors (Lipinski definition) is 2. The van der Waals surface area contributed by atoms with Gasteiger partial charge in [-0.3, -0.25) is 4.79 Å². The second-order valence-corrected chi connectivity index (χ2v) is 4.55. The molecule has 106 valence electrons. The molecule has 1 fully saturated rings. The number of nitrogens with zero attached hydrogens (tertiary/aromatic N) is 2. The average molecular weight is 284 g/mol. The van der Waals surface area contributed by atoms with Crippen LogP contribution in [0.3, 0.4) is 0 Å². The van der Waals surface area contributed by atoms with Gasteiger partial charge in [0.05, 0.1) is 13.1 Å². The molecule has 0 radical (unpaired) electrons. The van der Waals surface area contributed by atoms with Crippen molar-refractivity contribution in [1.82, 2.24) is 20.2 Å². The van der Waals surface area contributed by atoms with E-state index in [4.69, 9.17) is 0 Å². The van der Waals surface area contributed by atoms with Crippen LogP contribution in [0.5, 0.6) is 0 Å². The van der Waals surface area contributed by atoms with E-state index >= 15 is 0 Å². The Morgan fingerprint density at radius 1 is 1.30 bits per heavy atom. The van der Waals surface area contributed by atoms with Crippen molar-refractivity contribution in [2.45, 2.75) is 6.54 Å². The molecule has 0 spiro atoms. The fourth-order valence-electron chi connectivity index (χ4n) is 2.18. The maximum absolute atomic E-state index is 13.5. The van der Waals surface area contributed by atoms with E-state index in [1.807, 2.05) is 0 Å². The van der Waals surface area contributed by atoms with Crippen molar-refractivity contribution in [1.29, 1.82) is 0 Å². The third-order valence-corrected chi connectivity index (χ3v) is 3.19. The number of fused-ring (bicyclic) bond motifs is 1. The summed E-state index contributed by atoms with van der Waals surface area (Å²) in [7, 11) is 0. The summed E-state index contributed by atoms with van der Waals surface area (Å²) in [5.74, 6) is -3.30. The predicted molar refractivity (Wildman–Crippen MR) is 64.3 cm³/mol. The first-order valence-corrected chi connectivity index (χ1v) is 6.07. The zero-order chi connectivity index (χ0) is 14.3. The Morgan fingerprint density at radius 3 is 2.85 bits per heavy atom. The first-order chi connectivity index (χ1) is 9.56. The molecule has 1 aliphatic heterocycles. The van der Waals surface area contributed by atoms with Crippen molar-refractivity contribution >= 4 is 16.9 Å². The second-order valence-electron chi connectivity index (χ2n) is 4.55. The molecular formula is C12H11F3N4O. The fraction of sp³-hybridized carbons (Fsp3) is 0.333. The highest BCUT2D eigenvalue weighted by Gasteiger charge is 2.21. The third-order valence-electron chi connectivity index (χ3n) is 3.19. The minimum Gasteiger partial charge on any atom is -0.338 e. The first-order valence-electron chi connectivity index (χ1n) is 6.07. The number of rotatable bonds is 2. The molecule has 0 unspecified atom stereocenters. The summed E-state index contributed by atoms with van der Waals surface area (Å²) in [6, 6.07) is 0.468. The van der Waals surface area contributed by atoms with E-state index in [1.54, 1.807) is 0 Å². The number of nitrogens with one attached hydrogen (secondary N) is 2. The Labute approximate surface area is 111 Å². The number of imidazole rings is 1. The molecule has 1 amide bonds. The van der Waals surface area contributed by atoms with E-state index < -0.39 is 17.5 Å². The summed E-state index contributed by atoms with van der Waals surface area (Å²) >= 11 is 0. The molecule has 2 aromatic rings. The highest BCUT2D eigenvalue weighted by Crippen LogP contribution is 2.22. The van der Waals surface area contributed by atoms with Gasteiger partial charge in [0.25, 0.3) is 0 Å². The van der Waals surface area contributed by atoms with Crippen LogP contribution in [-0.2, 0) is 11.3 Å². The lowest BCUT2D eigenvalue weighted by Gasteiger charge is -2.26. The molecule has 8 heteroatoms. The molecule has 2 heterocycles. The zero-order valence-electron chi connectivity index (χ0n) is 10.3. The number of H-pyrrole nitrogens is 1. The van der Waals surface area contributed by atoms with Crippen LogP contribution in [0.15, 0.2) is 6.07 Å². The van der Waals surface area contributed by atoms with E-state index in [9.17, 15) is 18.0 Å². The van der Waals surface area contributed by atoms with Gasteiger partial charge in [-0.25, -0.2) is 18.2 Å². The molecule has 1 aromatic heterocycles. The number of halogens is 3.